The lowest BCUT2D eigenvalue weighted by Gasteiger charge is -2.22. The fourth-order valence-electron chi connectivity index (χ4n) is 4.51. The van der Waals surface area contributed by atoms with Crippen LogP contribution in [0.4, 0.5) is 22.0 Å². The maximum absolute atomic E-state index is 14.8. The summed E-state index contributed by atoms with van der Waals surface area (Å²) in [5.41, 5.74) is 1.12. The molecule has 0 amide bonds. The van der Waals surface area contributed by atoms with Crippen LogP contribution in [0.2, 0.25) is 0 Å². The van der Waals surface area contributed by atoms with Gasteiger partial charge in [0.25, 0.3) is 0 Å². The SMILES string of the molecule is CSC(c1ccccc1-c1c2ccccc2cc2ccccc12)c1c(F)c(F)c(F)c(F)c1F. The Labute approximate surface area is 197 Å². The molecule has 0 aliphatic heterocycles. The molecular formula is C28H17F5S. The molecule has 34 heavy (non-hydrogen) atoms. The minimum atomic E-state index is -2.16. The van der Waals surface area contributed by atoms with Gasteiger partial charge in [0.1, 0.15) is 0 Å². The van der Waals surface area contributed by atoms with Crippen molar-refractivity contribution in [2.75, 3.05) is 6.26 Å². The van der Waals surface area contributed by atoms with E-state index in [1.807, 2.05) is 54.6 Å². The molecule has 0 nitrogen and oxygen atoms in total. The predicted octanol–water partition coefficient (Wildman–Crippen LogP) is 8.81. The van der Waals surface area contributed by atoms with Gasteiger partial charge >= 0.3 is 0 Å². The zero-order valence-corrected chi connectivity index (χ0v) is 18.7. The fraction of sp³-hybridized carbons (Fsp3) is 0.0714. The monoisotopic (exact) mass is 480 g/mol. The van der Waals surface area contributed by atoms with Crippen LogP contribution in [-0.2, 0) is 0 Å². The summed E-state index contributed by atoms with van der Waals surface area (Å²) < 4.78 is 71.6. The number of fused-ring (bicyclic) bond motifs is 2. The molecule has 170 valence electrons. The Bertz CT molecular complexity index is 1480. The van der Waals surface area contributed by atoms with E-state index < -0.39 is 39.9 Å². The summed E-state index contributed by atoms with van der Waals surface area (Å²) in [6, 6.07) is 24.6. The average Bonchev–Trinajstić information content (AvgIpc) is 2.87. The molecule has 0 N–H and O–H groups in total. The van der Waals surface area contributed by atoms with Gasteiger partial charge in [-0.05, 0) is 50.6 Å². The molecule has 5 rings (SSSR count). The molecule has 0 aliphatic carbocycles. The summed E-state index contributed by atoms with van der Waals surface area (Å²) in [7, 11) is 0. The third-order valence-electron chi connectivity index (χ3n) is 6.03. The Morgan fingerprint density at radius 3 is 1.62 bits per heavy atom. The van der Waals surface area contributed by atoms with Crippen LogP contribution in [0.25, 0.3) is 32.7 Å². The van der Waals surface area contributed by atoms with E-state index >= 15 is 0 Å². The quantitative estimate of drug-likeness (QED) is 0.107. The minimum absolute atomic E-state index is 0.458. The lowest BCUT2D eigenvalue weighted by atomic mass is 9.87. The van der Waals surface area contributed by atoms with Crippen molar-refractivity contribution in [3.63, 3.8) is 0 Å². The normalized spacial score (nSPS) is 12.4. The lowest BCUT2D eigenvalue weighted by Crippen LogP contribution is -2.11. The van der Waals surface area contributed by atoms with Gasteiger partial charge < -0.3 is 0 Å². The van der Waals surface area contributed by atoms with Gasteiger partial charge in [0.15, 0.2) is 23.3 Å². The summed E-state index contributed by atoms with van der Waals surface area (Å²) in [6.07, 6.45) is 1.58. The molecule has 0 fully saturated rings. The van der Waals surface area contributed by atoms with Gasteiger partial charge in [-0.15, -0.1) is 0 Å². The lowest BCUT2D eigenvalue weighted by molar-refractivity contribution is 0.371. The summed E-state index contributed by atoms with van der Waals surface area (Å²) in [6.45, 7) is 0. The highest BCUT2D eigenvalue weighted by molar-refractivity contribution is 7.99. The zero-order valence-electron chi connectivity index (χ0n) is 17.9. The van der Waals surface area contributed by atoms with Crippen LogP contribution in [-0.4, -0.2) is 6.26 Å². The van der Waals surface area contributed by atoms with E-state index in [1.54, 1.807) is 24.5 Å². The Hall–Kier alpha value is -3.38. The first kappa shape index (κ1) is 22.4. The maximum Gasteiger partial charge on any atom is 0.200 e. The second kappa shape index (κ2) is 8.76. The molecule has 0 aliphatic rings. The molecular weight excluding hydrogens is 463 g/mol. The van der Waals surface area contributed by atoms with Gasteiger partial charge in [-0.2, -0.15) is 11.8 Å². The molecule has 1 unspecified atom stereocenters. The molecule has 6 heteroatoms. The smallest absolute Gasteiger partial charge is 0.200 e. The van der Waals surface area contributed by atoms with E-state index in [1.165, 1.54) is 0 Å². The van der Waals surface area contributed by atoms with Crippen molar-refractivity contribution in [2.24, 2.45) is 0 Å². The van der Waals surface area contributed by atoms with Crippen LogP contribution in [0.15, 0.2) is 78.9 Å². The zero-order chi connectivity index (χ0) is 24.0. The number of thioether (sulfide) groups is 1. The molecule has 0 spiro atoms. The van der Waals surface area contributed by atoms with Crippen molar-refractivity contribution in [1.29, 1.82) is 0 Å². The molecule has 0 heterocycles. The van der Waals surface area contributed by atoms with Crippen molar-refractivity contribution in [2.45, 2.75) is 5.25 Å². The number of halogens is 5. The first-order valence-corrected chi connectivity index (χ1v) is 11.8. The highest BCUT2D eigenvalue weighted by Gasteiger charge is 2.32. The molecule has 5 aromatic rings. The Morgan fingerprint density at radius 1 is 0.588 bits per heavy atom. The van der Waals surface area contributed by atoms with Gasteiger partial charge in [-0.25, -0.2) is 22.0 Å². The van der Waals surface area contributed by atoms with E-state index in [4.69, 9.17) is 0 Å². The van der Waals surface area contributed by atoms with Crippen LogP contribution in [0.1, 0.15) is 16.4 Å². The van der Waals surface area contributed by atoms with E-state index in [0.29, 0.717) is 11.1 Å². The first-order chi connectivity index (χ1) is 16.4. The van der Waals surface area contributed by atoms with Crippen molar-refractivity contribution >= 4 is 33.3 Å². The maximum atomic E-state index is 14.8. The van der Waals surface area contributed by atoms with Crippen LogP contribution in [0.3, 0.4) is 0 Å². The van der Waals surface area contributed by atoms with Crippen LogP contribution in [0, 0.1) is 29.1 Å². The number of hydrogen-bond donors (Lipinski definition) is 0. The van der Waals surface area contributed by atoms with Crippen LogP contribution in [0.5, 0.6) is 0 Å². The van der Waals surface area contributed by atoms with Crippen LogP contribution >= 0.6 is 11.8 Å². The predicted molar refractivity (Wildman–Crippen MR) is 128 cm³/mol. The molecule has 1 atom stereocenters. The summed E-state index contributed by atoms with van der Waals surface area (Å²) in [5, 5.41) is 2.67. The van der Waals surface area contributed by atoms with Gasteiger partial charge in [0.05, 0.1) is 5.25 Å². The summed E-state index contributed by atoms with van der Waals surface area (Å²) >= 11 is 1.01. The fourth-order valence-corrected chi connectivity index (χ4v) is 5.41. The first-order valence-electron chi connectivity index (χ1n) is 10.5. The molecule has 5 aromatic carbocycles. The Balaban J connectivity index is 1.86. The minimum Gasteiger partial charge on any atom is -0.203 e. The van der Waals surface area contributed by atoms with Crippen LogP contribution < -0.4 is 0 Å². The van der Waals surface area contributed by atoms with Gasteiger partial charge in [-0.1, -0.05) is 72.8 Å². The molecule has 0 bridgehead atoms. The number of rotatable bonds is 4. The number of hydrogen-bond acceptors (Lipinski definition) is 1. The molecule has 0 radical (unpaired) electrons. The molecule has 0 aromatic heterocycles. The molecule has 0 saturated heterocycles. The summed E-state index contributed by atoms with van der Waals surface area (Å²) in [4.78, 5) is 0. The molecule has 0 saturated carbocycles. The Kier molecular flexibility index (Phi) is 5.78. The van der Waals surface area contributed by atoms with Gasteiger partial charge in [0.2, 0.25) is 5.82 Å². The largest absolute Gasteiger partial charge is 0.203 e. The van der Waals surface area contributed by atoms with E-state index in [-0.39, 0.29) is 0 Å². The van der Waals surface area contributed by atoms with Crippen molar-refractivity contribution in [3.8, 4) is 11.1 Å². The van der Waals surface area contributed by atoms with E-state index in [0.717, 1.165) is 38.9 Å². The highest BCUT2D eigenvalue weighted by atomic mass is 32.2. The standard InChI is InChI=1S/C28H17F5S/c1-34-28(22-23(29)25(31)27(33)26(32)24(22)30)20-13-7-6-12-19(20)21-17-10-4-2-8-15(17)14-16-9-3-5-11-18(16)21/h2-14,28H,1H3. The third kappa shape index (κ3) is 3.44. The van der Waals surface area contributed by atoms with Crippen molar-refractivity contribution in [1.82, 2.24) is 0 Å². The topological polar surface area (TPSA) is 0 Å². The van der Waals surface area contributed by atoms with Gasteiger partial charge in [0, 0.05) is 5.56 Å². The Morgan fingerprint density at radius 2 is 1.06 bits per heavy atom. The van der Waals surface area contributed by atoms with E-state index in [2.05, 4.69) is 6.07 Å². The van der Waals surface area contributed by atoms with Crippen molar-refractivity contribution < 1.29 is 22.0 Å². The second-order valence-electron chi connectivity index (χ2n) is 7.88. The van der Waals surface area contributed by atoms with Crippen molar-refractivity contribution in [3.05, 3.63) is 119 Å². The highest BCUT2D eigenvalue weighted by Crippen LogP contribution is 2.45. The average molecular weight is 481 g/mol. The van der Waals surface area contributed by atoms with E-state index in [9.17, 15) is 22.0 Å². The third-order valence-corrected chi connectivity index (χ3v) is 6.99. The van der Waals surface area contributed by atoms with Gasteiger partial charge in [-0.3, -0.25) is 0 Å². The second-order valence-corrected chi connectivity index (χ2v) is 8.82. The number of benzene rings is 5. The summed E-state index contributed by atoms with van der Waals surface area (Å²) in [5.74, 6) is -9.67.